The van der Waals surface area contributed by atoms with E-state index in [2.05, 4.69) is 76.7 Å². The molecule has 0 spiro atoms. The fourth-order valence-corrected chi connectivity index (χ4v) is 2.78. The summed E-state index contributed by atoms with van der Waals surface area (Å²) < 4.78 is 6.92. The largest absolute Gasteiger partial charge is 0.489 e. The van der Waals surface area contributed by atoms with Gasteiger partial charge in [0, 0.05) is 16.7 Å². The van der Waals surface area contributed by atoms with E-state index in [4.69, 9.17) is 4.74 Å². The van der Waals surface area contributed by atoms with Crippen molar-refractivity contribution in [1.82, 2.24) is 0 Å². The molecule has 0 aliphatic carbocycles. The molecule has 0 aliphatic rings. The molecule has 1 N–H and O–H groups in total. The molecule has 128 valence electrons. The van der Waals surface area contributed by atoms with Crippen LogP contribution in [0.4, 0.5) is 5.69 Å². The maximum Gasteiger partial charge on any atom is 0.119 e. The Morgan fingerprint density at radius 3 is 2.00 bits per heavy atom. The Bertz CT molecular complexity index is 780. The summed E-state index contributed by atoms with van der Waals surface area (Å²) in [4.78, 5) is 0. The van der Waals surface area contributed by atoms with Crippen molar-refractivity contribution in [2.75, 3.05) is 5.32 Å². The molecule has 0 saturated carbocycles. The molecule has 0 atom stereocenters. The van der Waals surface area contributed by atoms with Crippen molar-refractivity contribution in [1.29, 1.82) is 0 Å². The summed E-state index contributed by atoms with van der Waals surface area (Å²) in [6, 6.07) is 25.0. The molecule has 0 unspecified atom stereocenters. The number of aryl methyl sites for hydroxylation is 1. The molecule has 25 heavy (non-hydrogen) atoms. The summed E-state index contributed by atoms with van der Waals surface area (Å²) in [6.45, 7) is 3.55. The van der Waals surface area contributed by atoms with E-state index in [1.54, 1.807) is 0 Å². The van der Waals surface area contributed by atoms with Crippen LogP contribution < -0.4 is 10.1 Å². The van der Waals surface area contributed by atoms with Gasteiger partial charge < -0.3 is 10.1 Å². The van der Waals surface area contributed by atoms with E-state index in [9.17, 15) is 0 Å². The quantitative estimate of drug-likeness (QED) is 0.513. The van der Waals surface area contributed by atoms with Gasteiger partial charge in [-0.15, -0.1) is 0 Å². The highest BCUT2D eigenvalue weighted by Gasteiger charge is 1.99. The normalized spacial score (nSPS) is 10.5. The Balaban J connectivity index is 1.50. The molecule has 0 aromatic heterocycles. The lowest BCUT2D eigenvalue weighted by Gasteiger charge is -2.09. The first-order valence-corrected chi connectivity index (χ1v) is 9.31. The molecule has 0 fully saturated rings. The summed E-state index contributed by atoms with van der Waals surface area (Å²) in [6.07, 6.45) is 1.07. The smallest absolute Gasteiger partial charge is 0.119 e. The van der Waals surface area contributed by atoms with Crippen LogP contribution in [-0.4, -0.2) is 0 Å². The number of halogens is 1. The predicted octanol–water partition coefficient (Wildman–Crippen LogP) is 6.20. The van der Waals surface area contributed by atoms with E-state index in [0.717, 1.165) is 34.4 Å². The van der Waals surface area contributed by atoms with E-state index in [1.165, 1.54) is 11.1 Å². The van der Waals surface area contributed by atoms with Crippen molar-refractivity contribution < 1.29 is 4.74 Å². The maximum absolute atomic E-state index is 5.84. The molecule has 3 rings (SSSR count). The minimum Gasteiger partial charge on any atom is -0.489 e. The van der Waals surface area contributed by atoms with Gasteiger partial charge in [-0.25, -0.2) is 0 Å². The highest BCUT2D eigenvalue weighted by Crippen LogP contribution is 2.17. The summed E-state index contributed by atoms with van der Waals surface area (Å²) in [5.41, 5.74) is 4.89. The second kappa shape index (κ2) is 8.72. The molecular weight excluding hydrogens is 374 g/mol. The molecular formula is C22H22BrNO. The maximum atomic E-state index is 5.84. The molecule has 3 aromatic carbocycles. The third kappa shape index (κ3) is 5.36. The standard InChI is InChI=1S/C22H22BrNO/c1-2-17-5-11-21(12-6-17)24-15-18-7-13-22(14-8-18)25-16-19-3-9-20(23)10-4-19/h3-14,24H,2,15-16H2,1H3. The van der Waals surface area contributed by atoms with Crippen molar-refractivity contribution in [3.63, 3.8) is 0 Å². The zero-order valence-corrected chi connectivity index (χ0v) is 15.9. The average Bonchev–Trinajstić information content (AvgIpc) is 2.67. The van der Waals surface area contributed by atoms with Gasteiger partial charge in [0.25, 0.3) is 0 Å². The fourth-order valence-electron chi connectivity index (χ4n) is 2.51. The molecule has 0 amide bonds. The van der Waals surface area contributed by atoms with Gasteiger partial charge in [-0.2, -0.15) is 0 Å². The third-order valence-electron chi connectivity index (χ3n) is 4.10. The molecule has 0 saturated heterocycles. The molecule has 3 aromatic rings. The van der Waals surface area contributed by atoms with Crippen LogP contribution in [0, 0.1) is 0 Å². The van der Waals surface area contributed by atoms with Crippen LogP contribution in [0.1, 0.15) is 23.6 Å². The van der Waals surface area contributed by atoms with Crippen LogP contribution >= 0.6 is 15.9 Å². The second-order valence-corrected chi connectivity index (χ2v) is 6.88. The second-order valence-electron chi connectivity index (χ2n) is 5.96. The van der Waals surface area contributed by atoms with Gasteiger partial charge in [0.2, 0.25) is 0 Å². The number of rotatable bonds is 7. The monoisotopic (exact) mass is 395 g/mol. The minimum absolute atomic E-state index is 0.578. The highest BCUT2D eigenvalue weighted by molar-refractivity contribution is 9.10. The fraction of sp³-hybridized carbons (Fsp3) is 0.182. The van der Waals surface area contributed by atoms with E-state index in [0.29, 0.717) is 6.61 Å². The first kappa shape index (κ1) is 17.6. The van der Waals surface area contributed by atoms with Crippen molar-refractivity contribution in [3.8, 4) is 5.75 Å². The van der Waals surface area contributed by atoms with Crippen LogP contribution in [0.2, 0.25) is 0 Å². The SMILES string of the molecule is CCc1ccc(NCc2ccc(OCc3ccc(Br)cc3)cc2)cc1. The van der Waals surface area contributed by atoms with E-state index < -0.39 is 0 Å². The number of hydrogen-bond donors (Lipinski definition) is 1. The van der Waals surface area contributed by atoms with Crippen molar-refractivity contribution in [3.05, 3.63) is 94.0 Å². The third-order valence-corrected chi connectivity index (χ3v) is 4.63. The molecule has 3 heteroatoms. The van der Waals surface area contributed by atoms with Crippen molar-refractivity contribution >= 4 is 21.6 Å². The van der Waals surface area contributed by atoms with Crippen molar-refractivity contribution in [2.24, 2.45) is 0 Å². The molecule has 2 nitrogen and oxygen atoms in total. The lowest BCUT2D eigenvalue weighted by atomic mass is 10.1. The number of anilines is 1. The molecule has 0 aliphatic heterocycles. The van der Waals surface area contributed by atoms with Crippen LogP contribution in [0.25, 0.3) is 0 Å². The summed E-state index contributed by atoms with van der Waals surface area (Å²) in [5.74, 6) is 0.888. The molecule has 0 radical (unpaired) electrons. The van der Waals surface area contributed by atoms with Crippen molar-refractivity contribution in [2.45, 2.75) is 26.5 Å². The van der Waals surface area contributed by atoms with Gasteiger partial charge in [0.1, 0.15) is 12.4 Å². The first-order chi connectivity index (χ1) is 12.2. The van der Waals surface area contributed by atoms with Crippen LogP contribution in [-0.2, 0) is 19.6 Å². The van der Waals surface area contributed by atoms with Crippen LogP contribution in [0.5, 0.6) is 5.75 Å². The van der Waals surface area contributed by atoms with Crippen LogP contribution in [0.15, 0.2) is 77.3 Å². The molecule has 0 bridgehead atoms. The zero-order chi connectivity index (χ0) is 17.5. The number of benzene rings is 3. The molecule has 0 heterocycles. The average molecular weight is 396 g/mol. The highest BCUT2D eigenvalue weighted by atomic mass is 79.9. The van der Waals surface area contributed by atoms with Gasteiger partial charge >= 0.3 is 0 Å². The topological polar surface area (TPSA) is 21.3 Å². The minimum atomic E-state index is 0.578. The van der Waals surface area contributed by atoms with Gasteiger partial charge in [-0.1, -0.05) is 59.3 Å². The lowest BCUT2D eigenvalue weighted by molar-refractivity contribution is 0.306. The summed E-state index contributed by atoms with van der Waals surface area (Å²) in [7, 11) is 0. The van der Waals surface area contributed by atoms with E-state index in [-0.39, 0.29) is 0 Å². The van der Waals surface area contributed by atoms with Crippen LogP contribution in [0.3, 0.4) is 0 Å². The Kier molecular flexibility index (Phi) is 6.13. The summed E-state index contributed by atoms with van der Waals surface area (Å²) in [5, 5.41) is 3.45. The lowest BCUT2D eigenvalue weighted by Crippen LogP contribution is -2.00. The number of hydrogen-bond acceptors (Lipinski definition) is 2. The summed E-state index contributed by atoms with van der Waals surface area (Å²) >= 11 is 3.44. The first-order valence-electron chi connectivity index (χ1n) is 8.52. The zero-order valence-electron chi connectivity index (χ0n) is 14.3. The van der Waals surface area contributed by atoms with Gasteiger partial charge in [-0.05, 0) is 59.5 Å². The Labute approximate surface area is 158 Å². The Hall–Kier alpha value is -2.26. The predicted molar refractivity (Wildman–Crippen MR) is 108 cm³/mol. The van der Waals surface area contributed by atoms with Gasteiger partial charge in [0.15, 0.2) is 0 Å². The Morgan fingerprint density at radius 2 is 1.36 bits per heavy atom. The number of ether oxygens (including phenoxy) is 1. The van der Waals surface area contributed by atoms with E-state index in [1.807, 2.05) is 24.3 Å². The van der Waals surface area contributed by atoms with Gasteiger partial charge in [0.05, 0.1) is 0 Å². The van der Waals surface area contributed by atoms with E-state index >= 15 is 0 Å². The Morgan fingerprint density at radius 1 is 0.760 bits per heavy atom. The number of nitrogens with one attached hydrogen (secondary N) is 1. The van der Waals surface area contributed by atoms with Gasteiger partial charge in [-0.3, -0.25) is 0 Å².